The molecule has 0 saturated carbocycles. The number of Topliss-reactive ketones (excluding diaryl/α,β-unsaturated/α-hetero) is 1. The molecule has 1 unspecified atom stereocenters. The molecule has 1 atom stereocenters. The van der Waals surface area contributed by atoms with Gasteiger partial charge in [0.2, 0.25) is 0 Å². The molecule has 0 amide bonds. The van der Waals surface area contributed by atoms with E-state index in [4.69, 9.17) is 11.6 Å². The summed E-state index contributed by atoms with van der Waals surface area (Å²) in [5.41, 5.74) is 1.92. The van der Waals surface area contributed by atoms with Crippen LogP contribution >= 0.6 is 24.0 Å². The van der Waals surface area contributed by atoms with Crippen molar-refractivity contribution in [3.05, 3.63) is 34.3 Å². The zero-order valence-corrected chi connectivity index (χ0v) is 12.5. The molecule has 1 aromatic rings. The van der Waals surface area contributed by atoms with Gasteiger partial charge in [-0.05, 0) is 50.4 Å². The van der Waals surface area contributed by atoms with Gasteiger partial charge in [0, 0.05) is 23.0 Å². The van der Waals surface area contributed by atoms with Crippen molar-refractivity contribution in [3.63, 3.8) is 0 Å². The van der Waals surface area contributed by atoms with Crippen LogP contribution in [-0.4, -0.2) is 30.3 Å². The average molecular weight is 300 g/mol. The molecule has 3 rings (SSSR count). The van der Waals surface area contributed by atoms with Gasteiger partial charge in [-0.25, -0.2) is 0 Å². The van der Waals surface area contributed by atoms with E-state index in [0.717, 1.165) is 48.6 Å². The van der Waals surface area contributed by atoms with E-state index in [0.29, 0.717) is 5.78 Å². The highest BCUT2D eigenvalue weighted by Crippen LogP contribution is 2.31. The average Bonchev–Trinajstić information content (AvgIpc) is 2.86. The molecule has 1 aromatic carbocycles. The molecule has 19 heavy (non-hydrogen) atoms. The Labute approximate surface area is 125 Å². The van der Waals surface area contributed by atoms with Crippen LogP contribution in [0.1, 0.15) is 35.2 Å². The van der Waals surface area contributed by atoms with E-state index in [1.54, 1.807) is 0 Å². The summed E-state index contributed by atoms with van der Waals surface area (Å²) in [5, 5.41) is 0.750. The molecule has 1 aliphatic carbocycles. The fraction of sp³-hybridized carbons (Fsp3) is 0.533. The minimum Gasteiger partial charge on any atom is -0.303 e. The number of halogens is 2. The maximum Gasteiger partial charge on any atom is 0.167 e. The summed E-state index contributed by atoms with van der Waals surface area (Å²) in [6.45, 7) is 3.25. The highest BCUT2D eigenvalue weighted by molar-refractivity contribution is 6.32. The zero-order valence-electron chi connectivity index (χ0n) is 10.9. The highest BCUT2D eigenvalue weighted by Gasteiger charge is 2.30. The molecule has 2 nitrogen and oxygen atoms in total. The first-order valence-corrected chi connectivity index (χ1v) is 7.17. The van der Waals surface area contributed by atoms with Gasteiger partial charge in [-0.15, -0.1) is 12.4 Å². The standard InChI is InChI=1S/C15H18ClNO.ClH/c16-14-5-3-4-13-12(14)7-6-11(15(13)18)10-17-8-1-2-9-17;/h3-5,11H,1-2,6-10H2;1H. The van der Waals surface area contributed by atoms with Crippen LogP contribution in [-0.2, 0) is 6.42 Å². The summed E-state index contributed by atoms with van der Waals surface area (Å²) < 4.78 is 0. The van der Waals surface area contributed by atoms with Crippen molar-refractivity contribution in [3.8, 4) is 0 Å². The van der Waals surface area contributed by atoms with E-state index < -0.39 is 0 Å². The summed E-state index contributed by atoms with van der Waals surface area (Å²) in [6.07, 6.45) is 4.46. The van der Waals surface area contributed by atoms with Crippen molar-refractivity contribution < 1.29 is 4.79 Å². The summed E-state index contributed by atoms with van der Waals surface area (Å²) in [6, 6.07) is 5.70. The predicted molar refractivity (Wildman–Crippen MR) is 80.5 cm³/mol. The number of likely N-dealkylation sites (tertiary alicyclic amines) is 1. The van der Waals surface area contributed by atoms with Crippen LogP contribution in [0.3, 0.4) is 0 Å². The lowest BCUT2D eigenvalue weighted by Crippen LogP contribution is -2.34. The normalized spacial score (nSPS) is 23.0. The maximum atomic E-state index is 12.5. The second kappa shape index (κ2) is 6.25. The van der Waals surface area contributed by atoms with E-state index in [1.807, 2.05) is 18.2 Å². The number of benzene rings is 1. The Kier molecular flexibility index (Phi) is 4.88. The Hall–Kier alpha value is -0.570. The Morgan fingerprint density at radius 2 is 2.00 bits per heavy atom. The largest absolute Gasteiger partial charge is 0.303 e. The lowest BCUT2D eigenvalue weighted by Gasteiger charge is -2.27. The predicted octanol–water partition coefficient (Wildman–Crippen LogP) is 3.60. The van der Waals surface area contributed by atoms with Crippen molar-refractivity contribution in [1.29, 1.82) is 0 Å². The lowest BCUT2D eigenvalue weighted by atomic mass is 9.82. The monoisotopic (exact) mass is 299 g/mol. The molecule has 1 aliphatic heterocycles. The molecular formula is C15H19Cl2NO. The van der Waals surface area contributed by atoms with Crippen LogP contribution in [0.2, 0.25) is 5.02 Å². The van der Waals surface area contributed by atoms with E-state index >= 15 is 0 Å². The molecule has 0 spiro atoms. The van der Waals surface area contributed by atoms with E-state index in [1.165, 1.54) is 12.8 Å². The van der Waals surface area contributed by atoms with Crippen LogP contribution in [0.15, 0.2) is 18.2 Å². The van der Waals surface area contributed by atoms with Gasteiger partial charge in [-0.2, -0.15) is 0 Å². The second-order valence-electron chi connectivity index (χ2n) is 5.37. The van der Waals surface area contributed by atoms with Gasteiger partial charge in [0.1, 0.15) is 0 Å². The number of hydrogen-bond acceptors (Lipinski definition) is 2. The minimum atomic E-state index is 0. The quantitative estimate of drug-likeness (QED) is 0.831. The number of nitrogens with zero attached hydrogens (tertiary/aromatic N) is 1. The Morgan fingerprint density at radius 1 is 1.26 bits per heavy atom. The van der Waals surface area contributed by atoms with Crippen LogP contribution in [0.4, 0.5) is 0 Å². The van der Waals surface area contributed by atoms with Crippen LogP contribution in [0.5, 0.6) is 0 Å². The van der Waals surface area contributed by atoms with Crippen LogP contribution in [0.25, 0.3) is 0 Å². The molecule has 0 bridgehead atoms. The fourth-order valence-electron chi connectivity index (χ4n) is 3.16. The molecule has 4 heteroatoms. The van der Waals surface area contributed by atoms with Gasteiger partial charge in [-0.1, -0.05) is 23.7 Å². The Balaban J connectivity index is 0.00000133. The minimum absolute atomic E-state index is 0. The molecule has 1 saturated heterocycles. The first-order valence-electron chi connectivity index (χ1n) is 6.79. The van der Waals surface area contributed by atoms with Crippen molar-refractivity contribution in [2.45, 2.75) is 25.7 Å². The third kappa shape index (κ3) is 2.96. The molecule has 2 aliphatic rings. The van der Waals surface area contributed by atoms with Gasteiger partial charge >= 0.3 is 0 Å². The number of fused-ring (bicyclic) bond motifs is 1. The van der Waals surface area contributed by atoms with Crippen molar-refractivity contribution in [1.82, 2.24) is 4.90 Å². The smallest absolute Gasteiger partial charge is 0.167 e. The van der Waals surface area contributed by atoms with Gasteiger partial charge in [0.25, 0.3) is 0 Å². The third-order valence-corrected chi connectivity index (χ3v) is 4.53. The molecule has 1 heterocycles. The van der Waals surface area contributed by atoms with Gasteiger partial charge in [0.15, 0.2) is 5.78 Å². The third-order valence-electron chi connectivity index (χ3n) is 4.18. The molecule has 1 fully saturated rings. The van der Waals surface area contributed by atoms with Crippen molar-refractivity contribution >= 4 is 29.8 Å². The number of hydrogen-bond donors (Lipinski definition) is 0. The van der Waals surface area contributed by atoms with Gasteiger partial charge in [0.05, 0.1) is 0 Å². The topological polar surface area (TPSA) is 20.3 Å². The Bertz CT molecular complexity index is 469. The number of ketones is 1. The van der Waals surface area contributed by atoms with Gasteiger partial charge in [-0.3, -0.25) is 4.79 Å². The summed E-state index contributed by atoms with van der Waals surface area (Å²) in [5.74, 6) is 0.472. The second-order valence-corrected chi connectivity index (χ2v) is 5.78. The maximum absolute atomic E-state index is 12.5. The van der Waals surface area contributed by atoms with E-state index in [-0.39, 0.29) is 18.3 Å². The summed E-state index contributed by atoms with van der Waals surface area (Å²) >= 11 is 6.16. The molecule has 0 aromatic heterocycles. The first-order chi connectivity index (χ1) is 8.75. The Morgan fingerprint density at radius 3 is 2.74 bits per heavy atom. The molecular weight excluding hydrogens is 281 g/mol. The molecule has 0 N–H and O–H groups in total. The lowest BCUT2D eigenvalue weighted by molar-refractivity contribution is 0.0869. The number of rotatable bonds is 2. The highest BCUT2D eigenvalue weighted by atomic mass is 35.5. The molecule has 104 valence electrons. The van der Waals surface area contributed by atoms with Crippen LogP contribution in [0, 0.1) is 5.92 Å². The summed E-state index contributed by atoms with van der Waals surface area (Å²) in [4.78, 5) is 14.9. The van der Waals surface area contributed by atoms with Crippen molar-refractivity contribution in [2.24, 2.45) is 5.92 Å². The van der Waals surface area contributed by atoms with E-state index in [2.05, 4.69) is 4.90 Å². The van der Waals surface area contributed by atoms with E-state index in [9.17, 15) is 4.79 Å². The van der Waals surface area contributed by atoms with Crippen molar-refractivity contribution in [2.75, 3.05) is 19.6 Å². The molecule has 0 radical (unpaired) electrons. The van der Waals surface area contributed by atoms with Crippen LogP contribution < -0.4 is 0 Å². The summed E-state index contributed by atoms with van der Waals surface area (Å²) in [7, 11) is 0. The number of carbonyl (C=O) groups is 1. The zero-order chi connectivity index (χ0) is 12.5. The SMILES string of the molecule is Cl.O=C1c2cccc(Cl)c2CCC1CN1CCCC1. The first kappa shape index (κ1) is 14.8. The fourth-order valence-corrected chi connectivity index (χ4v) is 3.43. The number of carbonyl (C=O) groups excluding carboxylic acids is 1. The van der Waals surface area contributed by atoms with Gasteiger partial charge < -0.3 is 4.90 Å².